The summed E-state index contributed by atoms with van der Waals surface area (Å²) in [5, 5.41) is 7.19. The summed E-state index contributed by atoms with van der Waals surface area (Å²) in [5.41, 5.74) is 5.76. The van der Waals surface area contributed by atoms with Gasteiger partial charge in [-0.25, -0.2) is 5.01 Å². The predicted molar refractivity (Wildman–Crippen MR) is 136 cm³/mol. The van der Waals surface area contributed by atoms with Crippen molar-refractivity contribution in [3.8, 4) is 11.5 Å². The van der Waals surface area contributed by atoms with Crippen molar-refractivity contribution in [3.63, 3.8) is 0 Å². The van der Waals surface area contributed by atoms with Crippen molar-refractivity contribution >= 4 is 21.6 Å². The van der Waals surface area contributed by atoms with Crippen LogP contribution in [-0.2, 0) is 0 Å². The van der Waals surface area contributed by atoms with Crippen molar-refractivity contribution in [2.45, 2.75) is 51.8 Å². The number of aryl methyl sites for hydroxylation is 1. The van der Waals surface area contributed by atoms with Crippen molar-refractivity contribution < 1.29 is 9.47 Å². The third-order valence-corrected chi connectivity index (χ3v) is 6.81. The third-order valence-electron chi connectivity index (χ3n) is 6.32. The normalized spacial score (nSPS) is 18.9. The number of halogens is 1. The van der Waals surface area contributed by atoms with E-state index in [0.29, 0.717) is 0 Å². The molecule has 3 aromatic carbocycles. The van der Waals surface area contributed by atoms with Crippen LogP contribution in [0.5, 0.6) is 11.5 Å². The maximum absolute atomic E-state index is 6.50. The molecule has 33 heavy (non-hydrogen) atoms. The fourth-order valence-electron chi connectivity index (χ4n) is 4.47. The first-order valence-corrected chi connectivity index (χ1v) is 12.5. The van der Waals surface area contributed by atoms with Gasteiger partial charge < -0.3 is 9.47 Å². The molecule has 0 spiro atoms. The number of hydrazone groups is 1. The highest BCUT2D eigenvalue weighted by Gasteiger charge is 2.41. The number of benzene rings is 3. The molecule has 5 rings (SSSR count). The average molecular weight is 505 g/mol. The molecule has 2 atom stereocenters. The molecule has 0 aliphatic carbocycles. The lowest BCUT2D eigenvalue weighted by atomic mass is 9.95. The molecule has 2 aliphatic rings. The van der Waals surface area contributed by atoms with Gasteiger partial charge in [0.05, 0.1) is 18.4 Å². The Balaban J connectivity index is 1.44. The highest BCUT2D eigenvalue weighted by molar-refractivity contribution is 9.10. The van der Waals surface area contributed by atoms with Gasteiger partial charge in [-0.3, -0.25) is 0 Å². The minimum absolute atomic E-state index is 0.137. The van der Waals surface area contributed by atoms with Crippen LogP contribution in [0.4, 0.5) is 0 Å². The zero-order valence-electron chi connectivity index (χ0n) is 19.1. The van der Waals surface area contributed by atoms with Crippen LogP contribution in [0.15, 0.2) is 76.3 Å². The minimum Gasteiger partial charge on any atom is -0.494 e. The molecule has 2 heterocycles. The molecule has 2 aliphatic heterocycles. The monoisotopic (exact) mass is 504 g/mol. The lowest BCUT2D eigenvalue weighted by Gasteiger charge is -2.38. The van der Waals surface area contributed by atoms with E-state index < -0.39 is 0 Å². The fourth-order valence-corrected chi connectivity index (χ4v) is 4.85. The lowest BCUT2D eigenvalue weighted by molar-refractivity contribution is -0.0191. The van der Waals surface area contributed by atoms with E-state index in [2.05, 4.69) is 83.3 Å². The molecule has 0 amide bonds. The van der Waals surface area contributed by atoms with Gasteiger partial charge in [-0.2, -0.15) is 5.10 Å². The van der Waals surface area contributed by atoms with Crippen LogP contribution in [-0.4, -0.2) is 17.3 Å². The summed E-state index contributed by atoms with van der Waals surface area (Å²) < 4.78 is 13.5. The number of ether oxygens (including phenoxy) is 2. The smallest absolute Gasteiger partial charge is 0.213 e. The number of nitrogens with zero attached hydrogens (tertiary/aromatic N) is 2. The van der Waals surface area contributed by atoms with Crippen LogP contribution in [0, 0.1) is 6.92 Å². The summed E-state index contributed by atoms with van der Waals surface area (Å²) in [5.74, 6) is 1.82. The Hall–Kier alpha value is -2.79. The standard InChI is InChI=1S/C28H29BrN2O2/c1-3-4-5-16-32-23-13-10-21(11-14-23)28-31-26(24-17-22(29)12-15-27(24)33-28)18-25(30-31)20-8-6-19(2)7-9-20/h6-15,17,26,28H,3-5,16,18H2,1-2H3/t26-,28-/m0/s1. The van der Waals surface area contributed by atoms with Crippen molar-refractivity contribution in [1.29, 1.82) is 0 Å². The largest absolute Gasteiger partial charge is 0.494 e. The second-order valence-corrected chi connectivity index (χ2v) is 9.71. The Kier molecular flexibility index (Phi) is 6.41. The Morgan fingerprint density at radius 3 is 2.58 bits per heavy atom. The molecule has 0 N–H and O–H groups in total. The third kappa shape index (κ3) is 4.65. The average Bonchev–Trinajstić information content (AvgIpc) is 3.28. The van der Waals surface area contributed by atoms with Crippen molar-refractivity contribution in [2.24, 2.45) is 5.10 Å². The second kappa shape index (κ2) is 9.60. The fraction of sp³-hybridized carbons (Fsp3) is 0.321. The van der Waals surface area contributed by atoms with Crippen molar-refractivity contribution in [3.05, 3.63) is 93.5 Å². The van der Waals surface area contributed by atoms with Crippen LogP contribution in [0.25, 0.3) is 0 Å². The molecule has 170 valence electrons. The van der Waals surface area contributed by atoms with Crippen LogP contribution < -0.4 is 9.47 Å². The predicted octanol–water partition coefficient (Wildman–Crippen LogP) is 7.57. The Bertz CT molecular complexity index is 1140. The Morgan fingerprint density at radius 1 is 1.03 bits per heavy atom. The Labute approximate surface area is 204 Å². The summed E-state index contributed by atoms with van der Waals surface area (Å²) in [6.45, 7) is 5.07. The molecule has 0 saturated carbocycles. The van der Waals surface area contributed by atoms with Gasteiger partial charge in [-0.15, -0.1) is 0 Å². The van der Waals surface area contributed by atoms with E-state index in [1.165, 1.54) is 29.5 Å². The van der Waals surface area contributed by atoms with E-state index in [1.54, 1.807) is 0 Å². The molecular weight excluding hydrogens is 476 g/mol. The molecule has 0 saturated heterocycles. The molecule has 4 nitrogen and oxygen atoms in total. The topological polar surface area (TPSA) is 34.1 Å². The molecule has 5 heteroatoms. The Morgan fingerprint density at radius 2 is 1.82 bits per heavy atom. The molecule has 3 aromatic rings. The van der Waals surface area contributed by atoms with E-state index in [4.69, 9.17) is 14.6 Å². The number of hydrogen-bond donors (Lipinski definition) is 0. The summed E-state index contributed by atoms with van der Waals surface area (Å²) in [7, 11) is 0. The number of hydrogen-bond acceptors (Lipinski definition) is 4. The van der Waals surface area contributed by atoms with Gasteiger partial charge in [0.15, 0.2) is 0 Å². The minimum atomic E-state index is -0.277. The maximum atomic E-state index is 6.50. The van der Waals surface area contributed by atoms with Crippen LogP contribution >= 0.6 is 15.9 Å². The first-order valence-electron chi connectivity index (χ1n) is 11.7. The molecule has 0 radical (unpaired) electrons. The zero-order chi connectivity index (χ0) is 22.8. The molecule has 0 unspecified atom stereocenters. The van der Waals surface area contributed by atoms with E-state index in [0.717, 1.165) is 46.7 Å². The van der Waals surface area contributed by atoms with Gasteiger partial charge in [0.2, 0.25) is 6.23 Å². The summed E-state index contributed by atoms with van der Waals surface area (Å²) in [6, 6.07) is 23.3. The highest BCUT2D eigenvalue weighted by atomic mass is 79.9. The van der Waals surface area contributed by atoms with Crippen LogP contribution in [0.2, 0.25) is 0 Å². The number of fused-ring (bicyclic) bond motifs is 3. The van der Waals surface area contributed by atoms with E-state index in [-0.39, 0.29) is 12.3 Å². The van der Waals surface area contributed by atoms with E-state index in [1.807, 2.05) is 18.2 Å². The molecule has 0 fully saturated rings. The van der Waals surface area contributed by atoms with Gasteiger partial charge in [0.1, 0.15) is 11.5 Å². The van der Waals surface area contributed by atoms with E-state index >= 15 is 0 Å². The molecule has 0 aromatic heterocycles. The molecular formula is C28H29BrN2O2. The quantitative estimate of drug-likeness (QED) is 0.311. The highest BCUT2D eigenvalue weighted by Crippen LogP contribution is 2.48. The summed E-state index contributed by atoms with van der Waals surface area (Å²) in [4.78, 5) is 0. The van der Waals surface area contributed by atoms with E-state index in [9.17, 15) is 0 Å². The van der Waals surface area contributed by atoms with Crippen molar-refractivity contribution in [1.82, 2.24) is 5.01 Å². The van der Waals surface area contributed by atoms with Crippen molar-refractivity contribution in [2.75, 3.05) is 6.61 Å². The molecule has 0 bridgehead atoms. The lowest BCUT2D eigenvalue weighted by Crippen LogP contribution is -2.33. The first-order chi connectivity index (χ1) is 16.1. The van der Waals surface area contributed by atoms with Crippen LogP contribution in [0.1, 0.15) is 67.1 Å². The van der Waals surface area contributed by atoms with Gasteiger partial charge >= 0.3 is 0 Å². The first kappa shape index (κ1) is 22.0. The maximum Gasteiger partial charge on any atom is 0.213 e. The van der Waals surface area contributed by atoms with Crippen LogP contribution in [0.3, 0.4) is 0 Å². The summed E-state index contributed by atoms with van der Waals surface area (Å²) >= 11 is 3.63. The second-order valence-electron chi connectivity index (χ2n) is 8.79. The SMILES string of the molecule is CCCCCOc1ccc([C@@H]2Oc3ccc(Br)cc3[C@@H]3CC(c4ccc(C)cc4)=NN32)cc1. The summed E-state index contributed by atoms with van der Waals surface area (Å²) in [6.07, 6.45) is 4.05. The zero-order valence-corrected chi connectivity index (χ0v) is 20.7. The number of unbranched alkanes of at least 4 members (excludes halogenated alkanes) is 2. The van der Waals surface area contributed by atoms with Gasteiger partial charge in [0, 0.05) is 22.0 Å². The van der Waals surface area contributed by atoms with Gasteiger partial charge in [-0.05, 0) is 61.4 Å². The van der Waals surface area contributed by atoms with Gasteiger partial charge in [0.25, 0.3) is 0 Å². The van der Waals surface area contributed by atoms with Gasteiger partial charge in [-0.1, -0.05) is 65.5 Å². The number of rotatable bonds is 7.